The number of alkyl carbamates (subject to hydrolysis) is 1. The van der Waals surface area contributed by atoms with Crippen LogP contribution in [0.15, 0.2) is 48.5 Å². The normalized spacial score (nSPS) is 14.2. The van der Waals surface area contributed by atoms with Crippen molar-refractivity contribution >= 4 is 18.0 Å². The summed E-state index contributed by atoms with van der Waals surface area (Å²) in [7, 11) is 3.57. The van der Waals surface area contributed by atoms with Crippen LogP contribution in [0.2, 0.25) is 0 Å². The van der Waals surface area contributed by atoms with E-state index >= 15 is 0 Å². The monoisotopic (exact) mass is 453 g/mol. The largest absolute Gasteiger partial charge is 0.481 e. The zero-order chi connectivity index (χ0) is 24.0. The molecule has 3 N–H and O–H groups in total. The van der Waals surface area contributed by atoms with Gasteiger partial charge < -0.3 is 25.4 Å². The van der Waals surface area contributed by atoms with Crippen molar-refractivity contribution in [2.24, 2.45) is 0 Å². The molecule has 2 aromatic carbocycles. The second-order valence-corrected chi connectivity index (χ2v) is 8.50. The van der Waals surface area contributed by atoms with Crippen molar-refractivity contribution in [2.75, 3.05) is 27.2 Å². The van der Waals surface area contributed by atoms with Gasteiger partial charge >= 0.3 is 12.1 Å². The number of benzene rings is 2. The molecule has 0 spiro atoms. The van der Waals surface area contributed by atoms with Gasteiger partial charge in [0.05, 0.1) is 6.42 Å². The summed E-state index contributed by atoms with van der Waals surface area (Å²) >= 11 is 0. The van der Waals surface area contributed by atoms with Crippen molar-refractivity contribution < 1.29 is 24.2 Å². The van der Waals surface area contributed by atoms with Gasteiger partial charge in [-0.2, -0.15) is 0 Å². The number of nitrogens with one attached hydrogen (secondary N) is 2. The molecule has 8 heteroatoms. The second-order valence-electron chi connectivity index (χ2n) is 8.50. The highest BCUT2D eigenvalue weighted by Gasteiger charge is 2.30. The summed E-state index contributed by atoms with van der Waals surface area (Å²) in [6.07, 6.45) is -0.398. The number of nitrogens with zero attached hydrogens (tertiary/aromatic N) is 1. The molecule has 0 aromatic heterocycles. The van der Waals surface area contributed by atoms with Crippen molar-refractivity contribution in [1.29, 1.82) is 0 Å². The Morgan fingerprint density at radius 3 is 2.09 bits per heavy atom. The molecule has 0 fully saturated rings. The lowest BCUT2D eigenvalue weighted by molar-refractivity contribution is -0.137. The van der Waals surface area contributed by atoms with Crippen LogP contribution in [0.25, 0.3) is 11.1 Å². The smallest absolute Gasteiger partial charge is 0.407 e. The van der Waals surface area contributed by atoms with Crippen LogP contribution in [0.1, 0.15) is 36.8 Å². The van der Waals surface area contributed by atoms with E-state index in [1.807, 2.05) is 36.4 Å². The molecule has 176 valence electrons. The first-order valence-electron chi connectivity index (χ1n) is 11.1. The van der Waals surface area contributed by atoms with E-state index in [-0.39, 0.29) is 25.5 Å². The number of carboxylic acid groups (broad SMARTS) is 1. The predicted molar refractivity (Wildman–Crippen MR) is 125 cm³/mol. The Kier molecular flexibility index (Phi) is 8.06. The van der Waals surface area contributed by atoms with Gasteiger partial charge in [-0.25, -0.2) is 4.79 Å². The number of rotatable bonds is 10. The number of aliphatic carboxylic acids is 1. The molecule has 0 saturated carbocycles. The molecule has 8 nitrogen and oxygen atoms in total. The molecule has 3 rings (SSSR count). The van der Waals surface area contributed by atoms with Crippen molar-refractivity contribution in [2.45, 2.75) is 37.8 Å². The molecule has 2 atom stereocenters. The Morgan fingerprint density at radius 1 is 1.00 bits per heavy atom. The Bertz CT molecular complexity index is 962. The number of carbonyl (C=O) groups excluding carboxylic acids is 2. The van der Waals surface area contributed by atoms with E-state index in [1.165, 1.54) is 0 Å². The highest BCUT2D eigenvalue weighted by Crippen LogP contribution is 2.44. The molecule has 0 aliphatic heterocycles. The van der Waals surface area contributed by atoms with Crippen LogP contribution in [0.4, 0.5) is 4.79 Å². The molecular weight excluding hydrogens is 422 g/mol. The van der Waals surface area contributed by atoms with Crippen LogP contribution in [-0.2, 0) is 14.3 Å². The van der Waals surface area contributed by atoms with E-state index < -0.39 is 30.1 Å². The Labute approximate surface area is 193 Å². The van der Waals surface area contributed by atoms with Crippen LogP contribution < -0.4 is 10.6 Å². The molecule has 0 heterocycles. The minimum Gasteiger partial charge on any atom is -0.481 e. The predicted octanol–water partition coefficient (Wildman–Crippen LogP) is 2.82. The zero-order valence-corrected chi connectivity index (χ0v) is 19.2. The molecule has 2 unspecified atom stereocenters. The van der Waals surface area contributed by atoms with Crippen LogP contribution in [-0.4, -0.2) is 67.3 Å². The van der Waals surface area contributed by atoms with Gasteiger partial charge in [0.25, 0.3) is 0 Å². The number of carboxylic acids is 1. The van der Waals surface area contributed by atoms with E-state index in [0.717, 1.165) is 22.3 Å². The summed E-state index contributed by atoms with van der Waals surface area (Å²) in [6, 6.07) is 14.7. The summed E-state index contributed by atoms with van der Waals surface area (Å²) in [5, 5.41) is 14.4. The maximum Gasteiger partial charge on any atom is 0.407 e. The van der Waals surface area contributed by atoms with E-state index in [2.05, 4.69) is 22.8 Å². The molecule has 2 amide bonds. The van der Waals surface area contributed by atoms with Gasteiger partial charge in [-0.3, -0.25) is 9.59 Å². The molecule has 1 aliphatic rings. The summed E-state index contributed by atoms with van der Waals surface area (Å²) in [5.74, 6) is -1.51. The first-order chi connectivity index (χ1) is 15.8. The lowest BCUT2D eigenvalue weighted by Crippen LogP contribution is -2.54. The van der Waals surface area contributed by atoms with Gasteiger partial charge in [-0.15, -0.1) is 0 Å². The van der Waals surface area contributed by atoms with Gasteiger partial charge in [0.1, 0.15) is 12.6 Å². The van der Waals surface area contributed by atoms with Crippen molar-refractivity contribution in [1.82, 2.24) is 15.5 Å². The second kappa shape index (κ2) is 11.0. The van der Waals surface area contributed by atoms with Crippen LogP contribution >= 0.6 is 0 Å². The topological polar surface area (TPSA) is 108 Å². The number of hydrogen-bond acceptors (Lipinski definition) is 5. The van der Waals surface area contributed by atoms with E-state index in [0.29, 0.717) is 6.42 Å². The Morgan fingerprint density at radius 2 is 1.58 bits per heavy atom. The minimum atomic E-state index is -0.990. The zero-order valence-electron chi connectivity index (χ0n) is 19.2. The first-order valence-corrected chi connectivity index (χ1v) is 11.1. The van der Waals surface area contributed by atoms with E-state index in [1.54, 1.807) is 25.9 Å². The lowest BCUT2D eigenvalue weighted by atomic mass is 9.98. The maximum absolute atomic E-state index is 12.8. The summed E-state index contributed by atoms with van der Waals surface area (Å²) < 4.78 is 5.56. The third kappa shape index (κ3) is 6.10. The number of carbonyl (C=O) groups is 3. The average Bonchev–Trinajstić information content (AvgIpc) is 3.10. The average molecular weight is 454 g/mol. The highest BCUT2D eigenvalue weighted by atomic mass is 16.5. The molecule has 33 heavy (non-hydrogen) atoms. The van der Waals surface area contributed by atoms with Gasteiger partial charge in [-0.05, 0) is 42.8 Å². The fourth-order valence-corrected chi connectivity index (χ4v) is 4.15. The SMILES string of the molecule is CCC(CC(=O)O)NC(=O)C(CN(C)C)NC(=O)OCC1c2ccccc2-c2ccccc21. The third-order valence-corrected chi connectivity index (χ3v) is 5.76. The van der Waals surface area contributed by atoms with Crippen molar-refractivity contribution in [3.05, 3.63) is 59.7 Å². The van der Waals surface area contributed by atoms with Gasteiger partial charge in [0.2, 0.25) is 5.91 Å². The lowest BCUT2D eigenvalue weighted by Gasteiger charge is -2.24. The van der Waals surface area contributed by atoms with Gasteiger partial charge in [0, 0.05) is 18.5 Å². The Hall–Kier alpha value is -3.39. The fraction of sp³-hybridized carbons (Fsp3) is 0.400. The quantitative estimate of drug-likeness (QED) is 0.511. The van der Waals surface area contributed by atoms with Crippen LogP contribution in [0.5, 0.6) is 0 Å². The van der Waals surface area contributed by atoms with E-state index in [9.17, 15) is 14.4 Å². The summed E-state index contributed by atoms with van der Waals surface area (Å²) in [5.41, 5.74) is 4.48. The number of fused-ring (bicyclic) bond motifs is 3. The number of likely N-dealkylation sites (N-methyl/N-ethyl adjacent to an activating group) is 1. The van der Waals surface area contributed by atoms with Crippen LogP contribution in [0.3, 0.4) is 0 Å². The molecule has 0 saturated heterocycles. The number of amides is 2. The van der Waals surface area contributed by atoms with Gasteiger partial charge in [0.15, 0.2) is 0 Å². The summed E-state index contributed by atoms with van der Waals surface area (Å²) in [4.78, 5) is 38.2. The molecule has 1 aliphatic carbocycles. The first kappa shape index (κ1) is 24.3. The van der Waals surface area contributed by atoms with Gasteiger partial charge in [-0.1, -0.05) is 55.5 Å². The Balaban J connectivity index is 1.65. The molecule has 0 radical (unpaired) electrons. The summed E-state index contributed by atoms with van der Waals surface area (Å²) in [6.45, 7) is 2.19. The standard InChI is InChI=1S/C25H31N3O5/c1-4-16(13-23(29)30)26-24(31)22(14-28(2)3)27-25(32)33-15-21-19-11-7-5-9-17(19)18-10-6-8-12-20(18)21/h5-12,16,21-22H,4,13-15H2,1-3H3,(H,26,31)(H,27,32)(H,29,30). The number of hydrogen-bond donors (Lipinski definition) is 3. The van der Waals surface area contributed by atoms with Crippen LogP contribution in [0, 0.1) is 0 Å². The fourth-order valence-electron chi connectivity index (χ4n) is 4.15. The molecule has 2 aromatic rings. The minimum absolute atomic E-state index is 0.0793. The maximum atomic E-state index is 12.8. The van der Waals surface area contributed by atoms with Crippen molar-refractivity contribution in [3.63, 3.8) is 0 Å². The third-order valence-electron chi connectivity index (χ3n) is 5.76. The number of ether oxygens (including phenoxy) is 1. The van der Waals surface area contributed by atoms with E-state index in [4.69, 9.17) is 9.84 Å². The molecular formula is C25H31N3O5. The highest BCUT2D eigenvalue weighted by molar-refractivity contribution is 5.86. The van der Waals surface area contributed by atoms with Crippen molar-refractivity contribution in [3.8, 4) is 11.1 Å². The molecule has 0 bridgehead atoms.